The molecule has 0 bridgehead atoms. The number of guanidine groups is 1. The van der Waals surface area contributed by atoms with Crippen LogP contribution in [0.25, 0.3) is 0 Å². The van der Waals surface area contributed by atoms with Gasteiger partial charge >= 0.3 is 0 Å². The Morgan fingerprint density at radius 2 is 1.77 bits per heavy atom. The van der Waals surface area contributed by atoms with Crippen LogP contribution in [0.4, 0.5) is 0 Å². The molecule has 1 amide bonds. The molecule has 1 aliphatic heterocycles. The molecule has 26 heavy (non-hydrogen) atoms. The highest BCUT2D eigenvalue weighted by Crippen LogP contribution is 2.21. The van der Waals surface area contributed by atoms with E-state index in [0.29, 0.717) is 13.1 Å². The number of amides is 1. The summed E-state index contributed by atoms with van der Waals surface area (Å²) in [5.74, 6) is 1.82. The van der Waals surface area contributed by atoms with Crippen molar-refractivity contribution in [1.29, 1.82) is 0 Å². The highest BCUT2D eigenvalue weighted by Gasteiger charge is 2.21. The van der Waals surface area contributed by atoms with Gasteiger partial charge in [-0.3, -0.25) is 9.79 Å². The number of benzene rings is 1. The summed E-state index contributed by atoms with van der Waals surface area (Å²) in [6.45, 7) is 7.21. The molecule has 146 valence electrons. The minimum atomic E-state index is 0. The molecule has 0 spiro atoms. The number of hydrogen-bond acceptors (Lipinski definition) is 2. The number of carbonyl (C=O) groups is 1. The van der Waals surface area contributed by atoms with E-state index in [2.05, 4.69) is 50.9 Å². The van der Waals surface area contributed by atoms with E-state index in [4.69, 9.17) is 0 Å². The van der Waals surface area contributed by atoms with Crippen LogP contribution in [0.1, 0.15) is 32.3 Å². The van der Waals surface area contributed by atoms with Gasteiger partial charge in [0.25, 0.3) is 0 Å². The van der Waals surface area contributed by atoms with E-state index in [1.165, 1.54) is 24.8 Å². The van der Waals surface area contributed by atoms with Gasteiger partial charge < -0.3 is 15.5 Å². The predicted molar refractivity (Wildman–Crippen MR) is 119 cm³/mol. The number of piperidine rings is 1. The zero-order valence-corrected chi connectivity index (χ0v) is 18.5. The Balaban J connectivity index is 0.00000338. The highest BCUT2D eigenvalue weighted by atomic mass is 127. The SMILES string of the molecule is CN=C(NCCNC(=O)C(C)C)N1CCC(Cc2ccccc2)CC1.I. The monoisotopic (exact) mass is 472 g/mol. The molecular weight excluding hydrogens is 439 g/mol. The molecule has 1 heterocycles. The summed E-state index contributed by atoms with van der Waals surface area (Å²) in [4.78, 5) is 18.3. The Morgan fingerprint density at radius 1 is 1.15 bits per heavy atom. The summed E-state index contributed by atoms with van der Waals surface area (Å²) in [5, 5.41) is 6.28. The quantitative estimate of drug-likeness (QED) is 0.290. The van der Waals surface area contributed by atoms with Crippen LogP contribution >= 0.6 is 24.0 Å². The molecule has 0 unspecified atom stereocenters. The van der Waals surface area contributed by atoms with E-state index in [9.17, 15) is 4.79 Å². The Kier molecular flexibility index (Phi) is 10.6. The molecule has 2 rings (SSSR count). The van der Waals surface area contributed by atoms with Crippen molar-refractivity contribution >= 4 is 35.8 Å². The zero-order chi connectivity index (χ0) is 18.1. The van der Waals surface area contributed by atoms with E-state index in [1.54, 1.807) is 0 Å². The number of nitrogens with zero attached hydrogens (tertiary/aromatic N) is 2. The lowest BCUT2D eigenvalue weighted by molar-refractivity contribution is -0.123. The lowest BCUT2D eigenvalue weighted by atomic mass is 9.90. The molecule has 6 heteroatoms. The normalized spacial score (nSPS) is 15.5. The van der Waals surface area contributed by atoms with Crippen LogP contribution in [-0.2, 0) is 11.2 Å². The molecule has 1 fully saturated rings. The second-order valence-corrected chi connectivity index (χ2v) is 7.04. The van der Waals surface area contributed by atoms with Crippen molar-refractivity contribution in [2.45, 2.75) is 33.1 Å². The van der Waals surface area contributed by atoms with Crippen molar-refractivity contribution in [2.75, 3.05) is 33.2 Å². The summed E-state index contributed by atoms with van der Waals surface area (Å²) in [7, 11) is 1.82. The molecule has 1 saturated heterocycles. The number of hydrogen-bond donors (Lipinski definition) is 2. The van der Waals surface area contributed by atoms with E-state index in [0.717, 1.165) is 25.0 Å². The third-order valence-electron chi connectivity index (χ3n) is 4.72. The van der Waals surface area contributed by atoms with Crippen LogP contribution in [-0.4, -0.2) is 50.0 Å². The first-order chi connectivity index (χ1) is 12.1. The lowest BCUT2D eigenvalue weighted by Crippen LogP contribution is -2.47. The maximum Gasteiger partial charge on any atom is 0.222 e. The van der Waals surface area contributed by atoms with Crippen LogP contribution in [0, 0.1) is 11.8 Å². The molecule has 0 aliphatic carbocycles. The van der Waals surface area contributed by atoms with Crippen LogP contribution < -0.4 is 10.6 Å². The van der Waals surface area contributed by atoms with Gasteiger partial charge in [-0.05, 0) is 30.7 Å². The van der Waals surface area contributed by atoms with Gasteiger partial charge in [0, 0.05) is 39.1 Å². The molecule has 1 aromatic rings. The summed E-state index contributed by atoms with van der Waals surface area (Å²) in [6, 6.07) is 10.8. The molecule has 0 radical (unpaired) electrons. The number of likely N-dealkylation sites (tertiary alicyclic amines) is 1. The van der Waals surface area contributed by atoms with Crippen molar-refractivity contribution in [2.24, 2.45) is 16.8 Å². The van der Waals surface area contributed by atoms with Crippen molar-refractivity contribution in [3.63, 3.8) is 0 Å². The number of halogens is 1. The number of rotatable bonds is 6. The average Bonchev–Trinajstić information content (AvgIpc) is 2.63. The van der Waals surface area contributed by atoms with Crippen LogP contribution in [0.2, 0.25) is 0 Å². The minimum absolute atomic E-state index is 0. The maximum atomic E-state index is 11.6. The molecule has 0 aromatic heterocycles. The van der Waals surface area contributed by atoms with Gasteiger partial charge in [-0.15, -0.1) is 24.0 Å². The molecule has 0 saturated carbocycles. The number of nitrogens with one attached hydrogen (secondary N) is 2. The van der Waals surface area contributed by atoms with Gasteiger partial charge in [0.1, 0.15) is 0 Å². The minimum Gasteiger partial charge on any atom is -0.354 e. The fourth-order valence-corrected chi connectivity index (χ4v) is 3.19. The standard InChI is InChI=1S/C20H32N4O.HI/c1-16(2)19(25)22-11-12-23-20(21-3)24-13-9-18(10-14-24)15-17-7-5-4-6-8-17;/h4-8,16,18H,9-15H2,1-3H3,(H,21,23)(H,22,25);1H. The van der Waals surface area contributed by atoms with E-state index in [1.807, 2.05) is 20.9 Å². The van der Waals surface area contributed by atoms with Crippen LogP contribution in [0.3, 0.4) is 0 Å². The molecule has 5 nitrogen and oxygen atoms in total. The van der Waals surface area contributed by atoms with Gasteiger partial charge in [0.05, 0.1) is 0 Å². The zero-order valence-electron chi connectivity index (χ0n) is 16.2. The van der Waals surface area contributed by atoms with Crippen molar-refractivity contribution in [3.05, 3.63) is 35.9 Å². The fourth-order valence-electron chi connectivity index (χ4n) is 3.19. The Hall–Kier alpha value is -1.31. The molecule has 2 N–H and O–H groups in total. The first-order valence-electron chi connectivity index (χ1n) is 9.37. The van der Waals surface area contributed by atoms with Crippen LogP contribution in [0.5, 0.6) is 0 Å². The largest absolute Gasteiger partial charge is 0.354 e. The first kappa shape index (κ1) is 22.7. The van der Waals surface area contributed by atoms with Crippen LogP contribution in [0.15, 0.2) is 35.3 Å². The van der Waals surface area contributed by atoms with Crippen molar-refractivity contribution in [3.8, 4) is 0 Å². The summed E-state index contributed by atoms with van der Waals surface area (Å²) in [6.07, 6.45) is 3.56. The third kappa shape index (κ3) is 7.51. The van der Waals surface area contributed by atoms with Crippen molar-refractivity contribution in [1.82, 2.24) is 15.5 Å². The second kappa shape index (κ2) is 12.1. The molecule has 1 aromatic carbocycles. The van der Waals surface area contributed by atoms with E-state index >= 15 is 0 Å². The Morgan fingerprint density at radius 3 is 2.35 bits per heavy atom. The van der Waals surface area contributed by atoms with Gasteiger partial charge in [0.2, 0.25) is 5.91 Å². The fraction of sp³-hybridized carbons (Fsp3) is 0.600. The smallest absolute Gasteiger partial charge is 0.222 e. The van der Waals surface area contributed by atoms with Gasteiger partial charge in [-0.2, -0.15) is 0 Å². The van der Waals surface area contributed by atoms with E-state index < -0.39 is 0 Å². The number of carbonyl (C=O) groups excluding carboxylic acids is 1. The Bertz CT molecular complexity index is 554. The Labute approximate surface area is 175 Å². The molecule has 0 atom stereocenters. The summed E-state index contributed by atoms with van der Waals surface area (Å²) >= 11 is 0. The van der Waals surface area contributed by atoms with Gasteiger partial charge in [0.15, 0.2) is 5.96 Å². The lowest BCUT2D eigenvalue weighted by Gasteiger charge is -2.34. The third-order valence-corrected chi connectivity index (χ3v) is 4.72. The predicted octanol–water partition coefficient (Wildman–Crippen LogP) is 2.91. The van der Waals surface area contributed by atoms with E-state index in [-0.39, 0.29) is 35.8 Å². The van der Waals surface area contributed by atoms with Gasteiger partial charge in [-0.1, -0.05) is 44.2 Å². The first-order valence-corrected chi connectivity index (χ1v) is 9.37. The highest BCUT2D eigenvalue weighted by molar-refractivity contribution is 14.0. The number of aliphatic imine (C=N–C) groups is 1. The van der Waals surface area contributed by atoms with Gasteiger partial charge in [-0.25, -0.2) is 0 Å². The molecule has 1 aliphatic rings. The molecular formula is C20H33IN4O. The van der Waals surface area contributed by atoms with Crippen molar-refractivity contribution < 1.29 is 4.79 Å². The summed E-state index contributed by atoms with van der Waals surface area (Å²) in [5.41, 5.74) is 1.43. The topological polar surface area (TPSA) is 56.7 Å². The second-order valence-electron chi connectivity index (χ2n) is 7.04. The average molecular weight is 472 g/mol. The maximum absolute atomic E-state index is 11.6. The summed E-state index contributed by atoms with van der Waals surface area (Å²) < 4.78 is 0.